The highest BCUT2D eigenvalue weighted by Crippen LogP contribution is 2.56. The third kappa shape index (κ3) is 5.10. The molecule has 3 fully saturated rings. The van der Waals surface area contributed by atoms with E-state index in [9.17, 15) is 22.0 Å². The molecule has 1 atom stereocenters. The van der Waals surface area contributed by atoms with E-state index in [1.54, 1.807) is 30.3 Å². The smallest absolute Gasteiger partial charge is 0.333 e. The number of halogens is 2. The molecule has 0 bridgehead atoms. The highest BCUT2D eigenvalue weighted by Gasteiger charge is 2.59. The second kappa shape index (κ2) is 10.6. The van der Waals surface area contributed by atoms with Crippen LogP contribution >= 0.6 is 0 Å². The lowest BCUT2D eigenvalue weighted by Gasteiger charge is -2.34. The number of nitrogens with zero attached hydrogens (tertiary/aromatic N) is 5. The number of nitrogens with one attached hydrogen (secondary N) is 2. The molecule has 6 rings (SSSR count). The van der Waals surface area contributed by atoms with Gasteiger partial charge in [-0.2, -0.15) is 13.9 Å². The molecule has 2 saturated carbocycles. The Labute approximate surface area is 242 Å². The first-order valence-electron chi connectivity index (χ1n) is 14.0. The summed E-state index contributed by atoms with van der Waals surface area (Å²) in [7, 11) is -4.14. The Morgan fingerprint density at radius 2 is 1.86 bits per heavy atom. The molecule has 2 aromatic heterocycles. The third-order valence-electron chi connectivity index (χ3n) is 8.09. The van der Waals surface area contributed by atoms with Crippen molar-refractivity contribution in [3.05, 3.63) is 47.4 Å². The number of sulfone groups is 1. The van der Waals surface area contributed by atoms with Gasteiger partial charge in [0.05, 0.1) is 36.3 Å². The Balaban J connectivity index is 1.40. The van der Waals surface area contributed by atoms with Crippen LogP contribution in [0.15, 0.2) is 35.2 Å². The molecule has 3 aliphatic rings. The molecule has 1 aliphatic heterocycles. The molecule has 42 heavy (non-hydrogen) atoms. The SMILES string of the molecule is Cc1nn(C(F)F)c(C)c1S(=O)(=O)C1(c2cc(N3CCOC[C@@H]3C)nc(-c3ccc(NC(=O)NC4CC4)cc3)n2)CC1. The normalized spacial score (nSPS) is 20.0. The molecule has 2 N–H and O–H groups in total. The van der Waals surface area contributed by atoms with Crippen molar-refractivity contribution in [2.24, 2.45) is 0 Å². The molecule has 2 aliphatic carbocycles. The van der Waals surface area contributed by atoms with E-state index in [-0.39, 0.29) is 34.4 Å². The molecular weight excluding hydrogens is 568 g/mol. The van der Waals surface area contributed by atoms with E-state index in [1.165, 1.54) is 13.8 Å². The van der Waals surface area contributed by atoms with Gasteiger partial charge in [-0.25, -0.2) is 27.9 Å². The monoisotopic (exact) mass is 601 g/mol. The van der Waals surface area contributed by atoms with Crippen molar-refractivity contribution in [1.29, 1.82) is 0 Å². The molecule has 2 amide bonds. The van der Waals surface area contributed by atoms with Crippen molar-refractivity contribution in [3.8, 4) is 11.4 Å². The maximum Gasteiger partial charge on any atom is 0.333 e. The van der Waals surface area contributed by atoms with Gasteiger partial charge in [-0.1, -0.05) is 0 Å². The molecule has 0 radical (unpaired) electrons. The van der Waals surface area contributed by atoms with Crippen LogP contribution in [0.5, 0.6) is 0 Å². The maximum absolute atomic E-state index is 14.2. The van der Waals surface area contributed by atoms with Gasteiger partial charge in [-0.15, -0.1) is 0 Å². The highest BCUT2D eigenvalue weighted by atomic mass is 32.2. The van der Waals surface area contributed by atoms with Crippen molar-refractivity contribution < 1.29 is 26.7 Å². The van der Waals surface area contributed by atoms with Gasteiger partial charge in [0.2, 0.25) is 0 Å². The molecule has 14 heteroatoms. The maximum atomic E-state index is 14.2. The summed E-state index contributed by atoms with van der Waals surface area (Å²) in [5.74, 6) is 0.892. The van der Waals surface area contributed by atoms with E-state index < -0.39 is 21.1 Å². The predicted octanol–water partition coefficient (Wildman–Crippen LogP) is 4.32. The van der Waals surface area contributed by atoms with Crippen LogP contribution in [0.4, 0.5) is 25.1 Å². The van der Waals surface area contributed by atoms with Gasteiger partial charge in [-0.3, -0.25) is 0 Å². The zero-order chi connectivity index (χ0) is 29.8. The average Bonchev–Trinajstić information content (AvgIpc) is 3.88. The van der Waals surface area contributed by atoms with Crippen molar-refractivity contribution in [2.75, 3.05) is 30.0 Å². The lowest BCUT2D eigenvalue weighted by atomic mass is 10.1. The second-order valence-corrected chi connectivity index (χ2v) is 13.4. The minimum absolute atomic E-state index is 0.00794. The fraction of sp³-hybridized carbons (Fsp3) is 0.500. The molecule has 224 valence electrons. The van der Waals surface area contributed by atoms with Gasteiger partial charge >= 0.3 is 12.6 Å². The quantitative estimate of drug-likeness (QED) is 0.390. The Bertz CT molecular complexity index is 1620. The zero-order valence-electron chi connectivity index (χ0n) is 23.6. The summed E-state index contributed by atoms with van der Waals surface area (Å²) < 4.78 is 60.2. The first-order valence-corrected chi connectivity index (χ1v) is 15.5. The van der Waals surface area contributed by atoms with Crippen molar-refractivity contribution in [3.63, 3.8) is 0 Å². The number of anilines is 2. The number of rotatable bonds is 8. The summed E-state index contributed by atoms with van der Waals surface area (Å²) in [5, 5.41) is 9.51. The molecular formula is C28H33F2N7O4S. The molecule has 1 saturated heterocycles. The van der Waals surface area contributed by atoms with Gasteiger partial charge in [0, 0.05) is 29.9 Å². The minimum atomic E-state index is -4.14. The number of alkyl halides is 2. The Morgan fingerprint density at radius 3 is 2.45 bits per heavy atom. The molecule has 3 aromatic rings. The van der Waals surface area contributed by atoms with Crippen LogP contribution in [0.25, 0.3) is 11.4 Å². The summed E-state index contributed by atoms with van der Waals surface area (Å²) in [6, 6.07) is 8.68. The number of hydrogen-bond acceptors (Lipinski definition) is 8. The van der Waals surface area contributed by atoms with Gasteiger partial charge in [-0.05, 0) is 70.7 Å². The van der Waals surface area contributed by atoms with Crippen LogP contribution in [0.1, 0.15) is 56.2 Å². The number of aryl methyl sites for hydroxylation is 1. The first kappa shape index (κ1) is 28.5. The molecule has 3 heterocycles. The van der Waals surface area contributed by atoms with Crippen molar-refractivity contribution in [2.45, 2.75) is 74.7 Å². The van der Waals surface area contributed by atoms with E-state index in [0.717, 1.165) is 12.8 Å². The lowest BCUT2D eigenvalue weighted by Crippen LogP contribution is -2.44. The summed E-state index contributed by atoms with van der Waals surface area (Å²) >= 11 is 0. The van der Waals surface area contributed by atoms with E-state index in [2.05, 4.69) is 20.6 Å². The summed E-state index contributed by atoms with van der Waals surface area (Å²) in [4.78, 5) is 23.6. The molecule has 11 nitrogen and oxygen atoms in total. The van der Waals surface area contributed by atoms with Gasteiger partial charge in [0.25, 0.3) is 0 Å². The van der Waals surface area contributed by atoms with Gasteiger partial charge in [0.1, 0.15) is 15.5 Å². The largest absolute Gasteiger partial charge is 0.377 e. The van der Waals surface area contributed by atoms with Crippen LogP contribution in [-0.4, -0.2) is 66.0 Å². The predicted molar refractivity (Wildman–Crippen MR) is 151 cm³/mol. The standard InChI is InChI=1S/C28H33F2N7O4S/c1-16-15-41-13-12-36(16)23-14-22(28(10-11-28)42(39,40)24-17(2)35-37(18(24)3)26(29)30)33-25(34-23)19-4-6-20(7-5-19)31-27(38)32-21-8-9-21/h4-7,14,16,21,26H,8-13,15H2,1-3H3,(H2,31,32,38)/t16-/m0/s1. The van der Waals surface area contributed by atoms with Crippen LogP contribution in [-0.2, 0) is 19.3 Å². The third-order valence-corrected chi connectivity index (χ3v) is 10.9. The Kier molecular flexibility index (Phi) is 7.16. The Morgan fingerprint density at radius 1 is 1.14 bits per heavy atom. The van der Waals surface area contributed by atoms with Crippen molar-refractivity contribution in [1.82, 2.24) is 25.1 Å². The van der Waals surface area contributed by atoms with Crippen molar-refractivity contribution >= 4 is 27.4 Å². The molecule has 1 aromatic carbocycles. The number of benzene rings is 1. The number of carbonyl (C=O) groups excluding carboxylic acids is 1. The molecule has 0 unspecified atom stereocenters. The van der Waals surface area contributed by atoms with Crippen LogP contribution < -0.4 is 15.5 Å². The fourth-order valence-electron chi connectivity index (χ4n) is 5.49. The first-order chi connectivity index (χ1) is 20.0. The van der Waals surface area contributed by atoms with Crippen LogP contribution in [0.2, 0.25) is 0 Å². The average molecular weight is 602 g/mol. The number of ether oxygens (including phenoxy) is 1. The minimum Gasteiger partial charge on any atom is -0.377 e. The zero-order valence-corrected chi connectivity index (χ0v) is 24.4. The van der Waals surface area contributed by atoms with Gasteiger partial charge in [0.15, 0.2) is 15.7 Å². The Hall–Kier alpha value is -3.65. The van der Waals surface area contributed by atoms with E-state index >= 15 is 0 Å². The summed E-state index contributed by atoms with van der Waals surface area (Å²) in [6.07, 6.45) is 2.55. The van der Waals surface area contributed by atoms with E-state index in [4.69, 9.17) is 14.7 Å². The number of amides is 2. The number of morpholine rings is 1. The number of hydrogen-bond donors (Lipinski definition) is 2. The summed E-state index contributed by atoms with van der Waals surface area (Å²) in [6.45, 7) is 3.38. The van der Waals surface area contributed by atoms with Gasteiger partial charge < -0.3 is 20.3 Å². The lowest BCUT2D eigenvalue weighted by molar-refractivity contribution is 0.0538. The highest BCUT2D eigenvalue weighted by molar-refractivity contribution is 7.92. The summed E-state index contributed by atoms with van der Waals surface area (Å²) in [5.41, 5.74) is 1.48. The number of aromatic nitrogens is 4. The number of carbonyl (C=O) groups is 1. The molecule has 0 spiro atoms. The second-order valence-electron chi connectivity index (χ2n) is 11.2. The van der Waals surface area contributed by atoms with E-state index in [0.29, 0.717) is 65.9 Å². The van der Waals surface area contributed by atoms with Crippen LogP contribution in [0, 0.1) is 13.8 Å². The van der Waals surface area contributed by atoms with E-state index in [1.807, 2.05) is 6.92 Å². The topological polar surface area (TPSA) is 131 Å². The van der Waals surface area contributed by atoms with Crippen LogP contribution in [0.3, 0.4) is 0 Å². The number of urea groups is 1. The fourth-order valence-corrected chi connectivity index (χ4v) is 7.81.